The number of amides is 2. The number of para-hydroxylation sites is 1. The largest absolute Gasteiger partial charge is 0.361 e. The Labute approximate surface area is 165 Å². The van der Waals surface area contributed by atoms with Gasteiger partial charge >= 0.3 is 0 Å². The molecule has 4 rings (SSSR count). The summed E-state index contributed by atoms with van der Waals surface area (Å²) in [5.41, 5.74) is 3.38. The number of nitrogens with one attached hydrogen (secondary N) is 1. The summed E-state index contributed by atoms with van der Waals surface area (Å²) in [4.78, 5) is 31.7. The molecule has 0 aliphatic carbocycles. The van der Waals surface area contributed by atoms with E-state index >= 15 is 0 Å². The van der Waals surface area contributed by atoms with Crippen molar-refractivity contribution in [1.82, 2.24) is 14.8 Å². The van der Waals surface area contributed by atoms with Crippen molar-refractivity contribution in [3.05, 3.63) is 71.9 Å². The number of rotatable bonds is 4. The molecule has 5 heteroatoms. The quantitative estimate of drug-likeness (QED) is 0.760. The molecule has 3 aromatic rings. The van der Waals surface area contributed by atoms with Crippen LogP contribution in [0.1, 0.15) is 30.4 Å². The Morgan fingerprint density at radius 2 is 1.57 bits per heavy atom. The van der Waals surface area contributed by atoms with Crippen LogP contribution >= 0.6 is 0 Å². The summed E-state index contributed by atoms with van der Waals surface area (Å²) in [5.74, 6) is 0.214. The molecule has 1 saturated heterocycles. The zero-order valence-electron chi connectivity index (χ0n) is 16.1. The van der Waals surface area contributed by atoms with Crippen LogP contribution in [0, 0.1) is 0 Å². The normalized spacial score (nSPS) is 15.6. The molecule has 0 spiro atoms. The monoisotopic (exact) mass is 375 g/mol. The van der Waals surface area contributed by atoms with E-state index in [-0.39, 0.29) is 17.7 Å². The zero-order chi connectivity index (χ0) is 19.5. The van der Waals surface area contributed by atoms with Gasteiger partial charge in [-0.3, -0.25) is 9.59 Å². The minimum atomic E-state index is -0.00399. The summed E-state index contributed by atoms with van der Waals surface area (Å²) in [6.07, 6.45) is 2.45. The topological polar surface area (TPSA) is 56.4 Å². The van der Waals surface area contributed by atoms with E-state index in [2.05, 4.69) is 29.2 Å². The van der Waals surface area contributed by atoms with Crippen LogP contribution < -0.4 is 0 Å². The minimum Gasteiger partial charge on any atom is -0.361 e. The van der Waals surface area contributed by atoms with Gasteiger partial charge in [0, 0.05) is 62.5 Å². The summed E-state index contributed by atoms with van der Waals surface area (Å²) in [6.45, 7) is 4.02. The fraction of sp³-hybridized carbons (Fsp3) is 0.304. The van der Waals surface area contributed by atoms with Crippen molar-refractivity contribution in [2.75, 3.05) is 26.2 Å². The number of aromatic nitrogens is 1. The highest BCUT2D eigenvalue weighted by atomic mass is 16.2. The smallest absolute Gasteiger partial charge is 0.223 e. The number of aromatic amines is 1. The number of carbonyl (C=O) groups excluding carboxylic acids is 2. The molecule has 1 aliphatic rings. The SMILES string of the molecule is CC(=O)N1CCN(C(=O)CC(c2ccccc2)c2c[nH]c3ccccc23)CC1. The van der Waals surface area contributed by atoms with Crippen molar-refractivity contribution >= 4 is 22.7 Å². The summed E-state index contributed by atoms with van der Waals surface area (Å²) in [7, 11) is 0. The van der Waals surface area contributed by atoms with E-state index in [1.165, 1.54) is 0 Å². The highest BCUT2D eigenvalue weighted by molar-refractivity contribution is 5.86. The number of benzene rings is 2. The van der Waals surface area contributed by atoms with Gasteiger partial charge in [0.05, 0.1) is 0 Å². The van der Waals surface area contributed by atoms with Crippen LogP contribution in [-0.4, -0.2) is 52.8 Å². The molecule has 1 fully saturated rings. The molecular formula is C23H25N3O2. The molecule has 0 radical (unpaired) electrons. The average Bonchev–Trinajstić information content (AvgIpc) is 3.16. The van der Waals surface area contributed by atoms with E-state index in [1.54, 1.807) is 11.8 Å². The number of hydrogen-bond acceptors (Lipinski definition) is 2. The maximum Gasteiger partial charge on any atom is 0.223 e. The maximum absolute atomic E-state index is 13.1. The van der Waals surface area contributed by atoms with Gasteiger partial charge in [-0.2, -0.15) is 0 Å². The Bertz CT molecular complexity index is 972. The highest BCUT2D eigenvalue weighted by Crippen LogP contribution is 2.33. The van der Waals surface area contributed by atoms with Gasteiger partial charge in [0.15, 0.2) is 0 Å². The number of fused-ring (bicyclic) bond motifs is 1. The zero-order valence-corrected chi connectivity index (χ0v) is 16.1. The third-order valence-electron chi connectivity index (χ3n) is 5.66. The fourth-order valence-electron chi connectivity index (χ4n) is 4.05. The summed E-state index contributed by atoms with van der Waals surface area (Å²) < 4.78 is 0. The molecule has 1 N–H and O–H groups in total. The standard InChI is InChI=1S/C23H25N3O2/c1-17(27)25-11-13-26(14-12-25)23(28)15-20(18-7-3-2-4-8-18)21-16-24-22-10-6-5-9-19(21)22/h2-10,16,20,24H,11-15H2,1H3. The van der Waals surface area contributed by atoms with E-state index in [9.17, 15) is 9.59 Å². The first-order valence-corrected chi connectivity index (χ1v) is 9.77. The summed E-state index contributed by atoms with van der Waals surface area (Å²) >= 11 is 0. The molecule has 0 saturated carbocycles. The Kier molecular flexibility index (Phi) is 5.15. The first-order valence-electron chi connectivity index (χ1n) is 9.77. The molecule has 1 atom stereocenters. The van der Waals surface area contributed by atoms with Gasteiger partial charge in [0.25, 0.3) is 0 Å². The lowest BCUT2D eigenvalue weighted by Gasteiger charge is -2.35. The molecule has 144 valence electrons. The van der Waals surface area contributed by atoms with Crippen LogP contribution in [0.4, 0.5) is 0 Å². The van der Waals surface area contributed by atoms with Gasteiger partial charge in [-0.15, -0.1) is 0 Å². The van der Waals surface area contributed by atoms with Crippen molar-refractivity contribution in [3.63, 3.8) is 0 Å². The molecule has 2 heterocycles. The number of carbonyl (C=O) groups is 2. The lowest BCUT2D eigenvalue weighted by Crippen LogP contribution is -2.50. The molecule has 1 aromatic heterocycles. The summed E-state index contributed by atoms with van der Waals surface area (Å²) in [5, 5.41) is 1.16. The average molecular weight is 375 g/mol. The number of piperazine rings is 1. The molecule has 2 amide bonds. The van der Waals surface area contributed by atoms with E-state index in [1.807, 2.05) is 41.4 Å². The van der Waals surface area contributed by atoms with Crippen LogP contribution in [0.25, 0.3) is 10.9 Å². The van der Waals surface area contributed by atoms with E-state index in [0.29, 0.717) is 32.6 Å². The Morgan fingerprint density at radius 3 is 2.29 bits per heavy atom. The van der Waals surface area contributed by atoms with Gasteiger partial charge in [0.1, 0.15) is 0 Å². The third kappa shape index (κ3) is 3.65. The van der Waals surface area contributed by atoms with Crippen LogP contribution in [0.5, 0.6) is 0 Å². The number of H-pyrrole nitrogens is 1. The van der Waals surface area contributed by atoms with Crippen LogP contribution in [0.15, 0.2) is 60.8 Å². The lowest BCUT2D eigenvalue weighted by atomic mass is 9.88. The predicted molar refractivity (Wildman–Crippen MR) is 110 cm³/mol. The fourth-order valence-corrected chi connectivity index (χ4v) is 4.05. The Hall–Kier alpha value is -3.08. The molecular weight excluding hydrogens is 350 g/mol. The van der Waals surface area contributed by atoms with Gasteiger partial charge < -0.3 is 14.8 Å². The van der Waals surface area contributed by atoms with Crippen LogP contribution in [0.3, 0.4) is 0 Å². The molecule has 2 aromatic carbocycles. The van der Waals surface area contributed by atoms with Crippen molar-refractivity contribution in [3.8, 4) is 0 Å². The number of hydrogen-bond donors (Lipinski definition) is 1. The van der Waals surface area contributed by atoms with E-state index in [0.717, 1.165) is 22.0 Å². The molecule has 1 unspecified atom stereocenters. The molecule has 28 heavy (non-hydrogen) atoms. The maximum atomic E-state index is 13.1. The molecule has 0 bridgehead atoms. The van der Waals surface area contributed by atoms with Gasteiger partial charge in [-0.1, -0.05) is 48.5 Å². The Morgan fingerprint density at radius 1 is 0.929 bits per heavy atom. The molecule has 5 nitrogen and oxygen atoms in total. The van der Waals surface area contributed by atoms with Gasteiger partial charge in [0.2, 0.25) is 11.8 Å². The summed E-state index contributed by atoms with van der Waals surface area (Å²) in [6, 6.07) is 18.4. The third-order valence-corrected chi connectivity index (χ3v) is 5.66. The van der Waals surface area contributed by atoms with Crippen LogP contribution in [0.2, 0.25) is 0 Å². The second-order valence-electron chi connectivity index (χ2n) is 7.34. The van der Waals surface area contributed by atoms with Gasteiger partial charge in [-0.25, -0.2) is 0 Å². The van der Waals surface area contributed by atoms with Crippen molar-refractivity contribution in [1.29, 1.82) is 0 Å². The van der Waals surface area contributed by atoms with Crippen LogP contribution in [-0.2, 0) is 9.59 Å². The highest BCUT2D eigenvalue weighted by Gasteiger charge is 2.27. The van der Waals surface area contributed by atoms with E-state index < -0.39 is 0 Å². The van der Waals surface area contributed by atoms with Gasteiger partial charge in [-0.05, 0) is 17.2 Å². The predicted octanol–water partition coefficient (Wildman–Crippen LogP) is 3.38. The number of nitrogens with zero attached hydrogens (tertiary/aromatic N) is 2. The first kappa shape index (κ1) is 18.3. The second kappa shape index (κ2) is 7.89. The minimum absolute atomic E-state index is 0.00399. The van der Waals surface area contributed by atoms with E-state index in [4.69, 9.17) is 0 Å². The lowest BCUT2D eigenvalue weighted by molar-refractivity contribution is -0.138. The first-order chi connectivity index (χ1) is 13.6. The Balaban J connectivity index is 1.59. The second-order valence-corrected chi connectivity index (χ2v) is 7.34. The van der Waals surface area contributed by atoms with Crippen molar-refractivity contribution in [2.45, 2.75) is 19.3 Å². The molecule has 1 aliphatic heterocycles. The van der Waals surface area contributed by atoms with Crippen molar-refractivity contribution in [2.24, 2.45) is 0 Å². The van der Waals surface area contributed by atoms with Crippen molar-refractivity contribution < 1.29 is 9.59 Å².